The van der Waals surface area contributed by atoms with Crippen molar-refractivity contribution >= 4 is 23.9 Å². The summed E-state index contributed by atoms with van der Waals surface area (Å²) in [5.74, 6) is -2.24. The quantitative estimate of drug-likeness (QED) is 0.618. The number of carboxylic acids is 1. The molecule has 1 fully saturated rings. The maximum atomic E-state index is 12.8. The molecular weight excluding hydrogens is 439 g/mol. The van der Waals surface area contributed by atoms with Crippen molar-refractivity contribution in [2.75, 3.05) is 6.54 Å². The van der Waals surface area contributed by atoms with Crippen LogP contribution in [0.5, 0.6) is 0 Å². The number of halogens is 3. The molecule has 1 aliphatic rings. The molecule has 10 heteroatoms. The van der Waals surface area contributed by atoms with Gasteiger partial charge in [0.25, 0.3) is 0 Å². The number of alkyl halides is 3. The Labute approximate surface area is 187 Å². The first-order valence-corrected chi connectivity index (χ1v) is 10.2. The number of likely N-dealkylation sites (tertiary alicyclic amines) is 1. The molecule has 2 heterocycles. The minimum Gasteiger partial charge on any atom is -0.480 e. The number of nitrogens with zero attached hydrogens (tertiary/aromatic N) is 2. The second kappa shape index (κ2) is 10.3. The summed E-state index contributed by atoms with van der Waals surface area (Å²) in [6.07, 6.45) is -0.0264. The molecule has 0 spiro atoms. The maximum Gasteiger partial charge on any atom is 0.433 e. The van der Waals surface area contributed by atoms with Crippen LogP contribution in [0.2, 0.25) is 0 Å². The van der Waals surface area contributed by atoms with Gasteiger partial charge >= 0.3 is 12.1 Å². The van der Waals surface area contributed by atoms with Crippen molar-refractivity contribution in [1.82, 2.24) is 15.2 Å². The largest absolute Gasteiger partial charge is 0.480 e. The number of nitrogens with one attached hydrogen (secondary N) is 1. The van der Waals surface area contributed by atoms with Gasteiger partial charge in [0.05, 0.1) is 0 Å². The second-order valence-electron chi connectivity index (χ2n) is 7.59. The molecule has 0 bridgehead atoms. The van der Waals surface area contributed by atoms with Crippen molar-refractivity contribution in [3.8, 4) is 0 Å². The first-order chi connectivity index (χ1) is 15.6. The molecule has 33 heavy (non-hydrogen) atoms. The number of amides is 2. The first kappa shape index (κ1) is 24.0. The van der Waals surface area contributed by atoms with Crippen molar-refractivity contribution in [3.63, 3.8) is 0 Å². The van der Waals surface area contributed by atoms with Crippen molar-refractivity contribution in [1.29, 1.82) is 0 Å². The van der Waals surface area contributed by atoms with Crippen molar-refractivity contribution in [2.45, 2.75) is 37.5 Å². The van der Waals surface area contributed by atoms with Gasteiger partial charge in [-0.1, -0.05) is 36.4 Å². The molecule has 1 aromatic heterocycles. The highest BCUT2D eigenvalue weighted by Crippen LogP contribution is 2.27. The van der Waals surface area contributed by atoms with Gasteiger partial charge in [-0.2, -0.15) is 13.2 Å². The van der Waals surface area contributed by atoms with Gasteiger partial charge in [0.15, 0.2) is 0 Å². The van der Waals surface area contributed by atoms with E-state index in [1.165, 1.54) is 17.0 Å². The predicted octanol–water partition coefficient (Wildman–Crippen LogP) is 2.92. The Kier molecular flexibility index (Phi) is 7.47. The third kappa shape index (κ3) is 6.41. The summed E-state index contributed by atoms with van der Waals surface area (Å²) in [7, 11) is 0. The fraction of sp³-hybridized carbons (Fsp3) is 0.304. The number of aliphatic carboxylic acids is 1. The molecular formula is C23H22F3N3O4. The third-order valence-corrected chi connectivity index (χ3v) is 5.23. The van der Waals surface area contributed by atoms with Crippen LogP contribution in [0, 0.1) is 0 Å². The lowest BCUT2D eigenvalue weighted by Crippen LogP contribution is -2.51. The number of benzene rings is 1. The van der Waals surface area contributed by atoms with E-state index in [4.69, 9.17) is 0 Å². The monoisotopic (exact) mass is 461 g/mol. The van der Waals surface area contributed by atoms with E-state index in [-0.39, 0.29) is 6.42 Å². The predicted molar refractivity (Wildman–Crippen MR) is 113 cm³/mol. The van der Waals surface area contributed by atoms with E-state index < -0.39 is 41.7 Å². The SMILES string of the molecule is O=C(O)[C@H](Cc1ccccc1)NC(=O)[C@@H]1CCCN1C(=O)/C=C/c1ccc(C(F)(F)F)nc1. The minimum atomic E-state index is -4.55. The minimum absolute atomic E-state index is 0.101. The maximum absolute atomic E-state index is 12.8. The van der Waals surface area contributed by atoms with Gasteiger partial charge in [-0.15, -0.1) is 0 Å². The number of hydrogen-bond acceptors (Lipinski definition) is 4. The van der Waals surface area contributed by atoms with Crippen LogP contribution in [0.25, 0.3) is 6.08 Å². The van der Waals surface area contributed by atoms with Crippen molar-refractivity contribution < 1.29 is 32.7 Å². The van der Waals surface area contributed by atoms with E-state index in [1.807, 2.05) is 0 Å². The molecule has 3 rings (SSSR count). The van der Waals surface area contributed by atoms with Crippen LogP contribution >= 0.6 is 0 Å². The molecule has 0 saturated carbocycles. The lowest BCUT2D eigenvalue weighted by Gasteiger charge is -2.24. The van der Waals surface area contributed by atoms with Gasteiger partial charge in [0.1, 0.15) is 17.8 Å². The molecule has 0 unspecified atom stereocenters. The number of rotatable bonds is 7. The summed E-state index contributed by atoms with van der Waals surface area (Å²) in [6.45, 7) is 0.308. The molecule has 2 atom stereocenters. The summed E-state index contributed by atoms with van der Waals surface area (Å²) < 4.78 is 37.8. The third-order valence-electron chi connectivity index (χ3n) is 5.23. The van der Waals surface area contributed by atoms with Crippen LogP contribution < -0.4 is 5.32 Å². The molecule has 0 aliphatic carbocycles. The Hall–Kier alpha value is -3.69. The average molecular weight is 461 g/mol. The Morgan fingerprint density at radius 2 is 1.91 bits per heavy atom. The molecule has 2 N–H and O–H groups in total. The normalized spacial score (nSPS) is 17.2. The Morgan fingerprint density at radius 3 is 2.52 bits per heavy atom. The van der Waals surface area contributed by atoms with Crippen LogP contribution in [0.3, 0.4) is 0 Å². The lowest BCUT2D eigenvalue weighted by molar-refractivity contribution is -0.143. The second-order valence-corrected chi connectivity index (χ2v) is 7.59. The number of carbonyl (C=O) groups excluding carboxylic acids is 2. The average Bonchev–Trinajstić information content (AvgIpc) is 3.27. The molecule has 2 amide bonds. The van der Waals surface area contributed by atoms with Crippen LogP contribution in [0.1, 0.15) is 29.7 Å². The highest BCUT2D eigenvalue weighted by atomic mass is 19.4. The number of pyridine rings is 1. The smallest absolute Gasteiger partial charge is 0.433 e. The van der Waals surface area contributed by atoms with Gasteiger partial charge in [0.2, 0.25) is 11.8 Å². The standard InChI is InChI=1S/C23H22F3N3O4/c24-23(25,26)19-10-8-16(14-27-19)9-11-20(30)29-12-4-7-18(29)21(31)28-17(22(32)33)13-15-5-2-1-3-6-15/h1-3,5-6,8-11,14,17-18H,4,7,12-13H2,(H,28,31)(H,32,33)/b11-9+/t17-,18-/m0/s1. The summed E-state index contributed by atoms with van der Waals surface area (Å²) in [5.41, 5.74) is 0.00808. The van der Waals surface area contributed by atoms with Crippen LogP contribution in [0.15, 0.2) is 54.7 Å². The van der Waals surface area contributed by atoms with E-state index >= 15 is 0 Å². The lowest BCUT2D eigenvalue weighted by atomic mass is 10.1. The van der Waals surface area contributed by atoms with Gasteiger partial charge in [-0.3, -0.25) is 14.6 Å². The molecule has 1 saturated heterocycles. The van der Waals surface area contributed by atoms with E-state index in [0.29, 0.717) is 24.9 Å². The summed E-state index contributed by atoms with van der Waals surface area (Å²) in [5, 5.41) is 12.0. The number of carboxylic acid groups (broad SMARTS) is 1. The Morgan fingerprint density at radius 1 is 1.18 bits per heavy atom. The fourth-order valence-electron chi connectivity index (χ4n) is 3.56. The molecule has 1 aromatic carbocycles. The Bertz CT molecular complexity index is 1020. The van der Waals surface area contributed by atoms with Crippen LogP contribution in [0.4, 0.5) is 13.2 Å². The highest BCUT2D eigenvalue weighted by Gasteiger charge is 2.35. The molecule has 1 aliphatic heterocycles. The number of carbonyl (C=O) groups is 3. The van der Waals surface area contributed by atoms with E-state index in [2.05, 4.69) is 10.3 Å². The van der Waals surface area contributed by atoms with Gasteiger partial charge in [0, 0.05) is 25.2 Å². The number of aromatic nitrogens is 1. The van der Waals surface area contributed by atoms with Crippen LogP contribution in [-0.4, -0.2) is 51.4 Å². The van der Waals surface area contributed by atoms with E-state index in [0.717, 1.165) is 23.9 Å². The van der Waals surface area contributed by atoms with Gasteiger partial charge in [-0.25, -0.2) is 4.79 Å². The number of hydrogen-bond donors (Lipinski definition) is 2. The fourth-order valence-corrected chi connectivity index (χ4v) is 3.56. The first-order valence-electron chi connectivity index (χ1n) is 10.2. The zero-order valence-electron chi connectivity index (χ0n) is 17.5. The van der Waals surface area contributed by atoms with E-state index in [9.17, 15) is 32.7 Å². The Balaban J connectivity index is 1.64. The molecule has 7 nitrogen and oxygen atoms in total. The topological polar surface area (TPSA) is 99.6 Å². The zero-order chi connectivity index (χ0) is 24.0. The summed E-state index contributed by atoms with van der Waals surface area (Å²) in [6, 6.07) is 8.88. The van der Waals surface area contributed by atoms with Crippen molar-refractivity contribution in [2.24, 2.45) is 0 Å². The van der Waals surface area contributed by atoms with Crippen LogP contribution in [-0.2, 0) is 27.0 Å². The van der Waals surface area contributed by atoms with Gasteiger partial charge < -0.3 is 15.3 Å². The molecule has 0 radical (unpaired) electrons. The highest BCUT2D eigenvalue weighted by molar-refractivity contribution is 5.96. The summed E-state index contributed by atoms with van der Waals surface area (Å²) in [4.78, 5) is 41.7. The summed E-state index contributed by atoms with van der Waals surface area (Å²) >= 11 is 0. The molecule has 2 aromatic rings. The van der Waals surface area contributed by atoms with Gasteiger partial charge in [-0.05, 0) is 36.1 Å². The van der Waals surface area contributed by atoms with E-state index in [1.54, 1.807) is 30.3 Å². The zero-order valence-corrected chi connectivity index (χ0v) is 17.5. The molecule has 174 valence electrons. The van der Waals surface area contributed by atoms with Crippen molar-refractivity contribution in [3.05, 3.63) is 71.6 Å².